The van der Waals surface area contributed by atoms with Gasteiger partial charge in [0.25, 0.3) is 11.8 Å². The Labute approximate surface area is 247 Å². The molecule has 3 amide bonds. The number of phenolic OH excluding ortho intramolecular Hbond substituents is 1. The minimum absolute atomic E-state index is 0.0301. The van der Waals surface area contributed by atoms with Crippen molar-refractivity contribution < 1.29 is 29.3 Å². The molecule has 9 nitrogen and oxygen atoms in total. The molecule has 0 saturated carbocycles. The highest BCUT2D eigenvalue weighted by Gasteiger charge is 2.50. The van der Waals surface area contributed by atoms with Crippen molar-refractivity contribution in [3.05, 3.63) is 59.2 Å². The maximum absolute atomic E-state index is 13.8. The first kappa shape index (κ1) is 32.3. The normalized spacial score (nSPS) is 18.0. The van der Waals surface area contributed by atoms with Crippen molar-refractivity contribution in [2.75, 3.05) is 12.5 Å². The molecule has 224 valence electrons. The van der Waals surface area contributed by atoms with Gasteiger partial charge in [0.05, 0.1) is 18.5 Å². The predicted octanol–water partition coefficient (Wildman–Crippen LogP) is 3.79. The highest BCUT2D eigenvalue weighted by Crippen LogP contribution is 2.40. The van der Waals surface area contributed by atoms with Gasteiger partial charge in [-0.25, -0.2) is 0 Å². The van der Waals surface area contributed by atoms with Crippen molar-refractivity contribution in [3.8, 4) is 11.5 Å². The van der Waals surface area contributed by atoms with Crippen LogP contribution in [0.15, 0.2) is 42.5 Å². The summed E-state index contributed by atoms with van der Waals surface area (Å²) < 4.78 is 5.07. The summed E-state index contributed by atoms with van der Waals surface area (Å²) in [6.07, 6.45) is -0.612. The zero-order valence-electron chi connectivity index (χ0n) is 25.0. The van der Waals surface area contributed by atoms with Crippen molar-refractivity contribution in [2.45, 2.75) is 89.8 Å². The zero-order chi connectivity index (χ0) is 30.5. The molecule has 10 heteroatoms. The van der Waals surface area contributed by atoms with Crippen LogP contribution in [0.3, 0.4) is 0 Å². The van der Waals surface area contributed by atoms with E-state index in [2.05, 4.69) is 10.6 Å². The minimum Gasteiger partial charge on any atom is -0.508 e. The number of nitrogens with one attached hydrogen (secondary N) is 2. The monoisotopic (exact) mass is 585 g/mol. The maximum atomic E-state index is 13.8. The number of carbonyl (C=O) groups excluding carboxylic acids is 3. The van der Waals surface area contributed by atoms with E-state index < -0.39 is 40.3 Å². The molecular weight excluding hydrogens is 542 g/mol. The Balaban J connectivity index is 1.90. The number of nitrogens with zero attached hydrogens (tertiary/aromatic N) is 1. The summed E-state index contributed by atoms with van der Waals surface area (Å²) in [5.41, 5.74) is 0.893. The van der Waals surface area contributed by atoms with Crippen molar-refractivity contribution in [3.63, 3.8) is 0 Å². The molecule has 1 aliphatic heterocycles. The Morgan fingerprint density at radius 2 is 1.80 bits per heavy atom. The number of aromatic hydroxyl groups is 1. The van der Waals surface area contributed by atoms with E-state index in [1.54, 1.807) is 19.1 Å². The molecule has 1 unspecified atom stereocenters. The van der Waals surface area contributed by atoms with E-state index in [1.807, 2.05) is 65.8 Å². The molecule has 0 aliphatic carbocycles. The second-order valence-corrected chi connectivity index (χ2v) is 13.6. The van der Waals surface area contributed by atoms with Crippen molar-refractivity contribution >= 4 is 29.5 Å². The third kappa shape index (κ3) is 8.16. The smallest absolute Gasteiger partial charge is 0.254 e. The molecule has 0 radical (unpaired) electrons. The third-order valence-corrected chi connectivity index (χ3v) is 8.30. The number of rotatable bonds is 10. The van der Waals surface area contributed by atoms with Gasteiger partial charge in [-0.3, -0.25) is 14.4 Å². The van der Waals surface area contributed by atoms with Gasteiger partial charge in [0.2, 0.25) is 5.91 Å². The molecule has 0 aromatic heterocycles. The number of carbonyl (C=O) groups is 3. The highest BCUT2D eigenvalue weighted by atomic mass is 32.2. The highest BCUT2D eigenvalue weighted by molar-refractivity contribution is 8.00. The second kappa shape index (κ2) is 13.2. The number of thioether (sulfide) groups is 1. The van der Waals surface area contributed by atoms with Crippen LogP contribution in [0.2, 0.25) is 0 Å². The van der Waals surface area contributed by atoms with Gasteiger partial charge in [-0.1, -0.05) is 25.1 Å². The Kier molecular flexibility index (Phi) is 10.4. The number of phenols is 1. The van der Waals surface area contributed by atoms with Crippen LogP contribution >= 0.6 is 11.8 Å². The first-order valence-corrected chi connectivity index (χ1v) is 14.9. The molecule has 2 aromatic rings. The van der Waals surface area contributed by atoms with Crippen LogP contribution in [-0.4, -0.2) is 73.8 Å². The number of aliphatic hydroxyl groups is 1. The van der Waals surface area contributed by atoms with E-state index in [-0.39, 0.29) is 29.5 Å². The summed E-state index contributed by atoms with van der Waals surface area (Å²) in [6, 6.07) is 10.1. The van der Waals surface area contributed by atoms with Crippen molar-refractivity contribution in [2.24, 2.45) is 0 Å². The standard InChI is InChI=1S/C31H43N3O6S/c1-8-16-40-21-14-12-20(13-15-21)17-23(32-27(37)22-10-9-11-24(35)19(22)2)25(36)29(39)34-18-41-31(6,7)26(34)28(38)33-30(3,4)5/h9-15,23,25-26,35-36H,8,16-18H2,1-7H3,(H,32,37)(H,33,38)/t23-,25-,26?/m0/s1. The molecule has 1 aliphatic rings. The molecule has 1 saturated heterocycles. The maximum Gasteiger partial charge on any atom is 0.254 e. The summed E-state index contributed by atoms with van der Waals surface area (Å²) in [7, 11) is 0. The number of hydrogen-bond acceptors (Lipinski definition) is 7. The van der Waals surface area contributed by atoms with E-state index in [0.717, 1.165) is 12.0 Å². The lowest BCUT2D eigenvalue weighted by Gasteiger charge is -2.35. The Morgan fingerprint density at radius 1 is 1.15 bits per heavy atom. The fourth-order valence-corrected chi connectivity index (χ4v) is 5.89. The van der Waals surface area contributed by atoms with Gasteiger partial charge < -0.3 is 30.5 Å². The van der Waals surface area contributed by atoms with Crippen LogP contribution in [0.25, 0.3) is 0 Å². The predicted molar refractivity (Wildman–Crippen MR) is 161 cm³/mol. The van der Waals surface area contributed by atoms with Crippen molar-refractivity contribution in [1.29, 1.82) is 0 Å². The second-order valence-electron chi connectivity index (χ2n) is 12.0. The van der Waals surface area contributed by atoms with Gasteiger partial charge in [-0.05, 0) is 84.2 Å². The average molecular weight is 586 g/mol. The Bertz CT molecular complexity index is 1240. The molecule has 1 fully saturated rings. The van der Waals surface area contributed by atoms with E-state index in [1.165, 1.54) is 22.7 Å². The summed E-state index contributed by atoms with van der Waals surface area (Å²) in [6.45, 7) is 13.6. The molecule has 4 N–H and O–H groups in total. The quantitative estimate of drug-likeness (QED) is 0.334. The number of aliphatic hydroxyl groups excluding tert-OH is 1. The van der Waals surface area contributed by atoms with Crippen LogP contribution in [0, 0.1) is 6.92 Å². The fraction of sp³-hybridized carbons (Fsp3) is 0.516. The van der Waals surface area contributed by atoms with Crippen LogP contribution in [0.5, 0.6) is 11.5 Å². The molecule has 1 heterocycles. The van der Waals surface area contributed by atoms with E-state index in [0.29, 0.717) is 17.9 Å². The SMILES string of the molecule is CCCOc1ccc(C[C@H](NC(=O)c2cccc(O)c2C)[C@H](O)C(=O)N2CSC(C)(C)C2C(=O)NC(C)(C)C)cc1. The van der Waals surface area contributed by atoms with Gasteiger partial charge >= 0.3 is 0 Å². The average Bonchev–Trinajstić information content (AvgIpc) is 3.22. The van der Waals surface area contributed by atoms with E-state index >= 15 is 0 Å². The first-order valence-electron chi connectivity index (χ1n) is 13.9. The van der Waals surface area contributed by atoms with Crippen molar-refractivity contribution in [1.82, 2.24) is 15.5 Å². The fourth-order valence-electron chi connectivity index (χ4n) is 4.75. The lowest BCUT2D eigenvalue weighted by molar-refractivity contribution is -0.147. The van der Waals surface area contributed by atoms with Gasteiger partial charge in [0.15, 0.2) is 6.10 Å². The Hall–Kier alpha value is -3.24. The van der Waals surface area contributed by atoms with Crippen LogP contribution in [-0.2, 0) is 16.0 Å². The van der Waals surface area contributed by atoms with Gasteiger partial charge in [-0.2, -0.15) is 0 Å². The zero-order valence-corrected chi connectivity index (χ0v) is 25.8. The topological polar surface area (TPSA) is 128 Å². The lowest BCUT2D eigenvalue weighted by atomic mass is 9.96. The van der Waals surface area contributed by atoms with Crippen LogP contribution in [0.4, 0.5) is 0 Å². The summed E-state index contributed by atoms with van der Waals surface area (Å²) in [5, 5.41) is 27.4. The summed E-state index contributed by atoms with van der Waals surface area (Å²) in [4.78, 5) is 41.9. The molecule has 41 heavy (non-hydrogen) atoms. The molecular formula is C31H43N3O6S. The van der Waals surface area contributed by atoms with Gasteiger partial charge in [-0.15, -0.1) is 11.8 Å². The third-order valence-electron chi connectivity index (χ3n) is 6.93. The number of amides is 3. The molecule has 3 rings (SSSR count). The number of hydrogen-bond donors (Lipinski definition) is 4. The lowest BCUT2D eigenvalue weighted by Crippen LogP contribution is -2.60. The van der Waals surface area contributed by atoms with Crippen LogP contribution in [0.1, 0.15) is 69.4 Å². The molecule has 0 spiro atoms. The van der Waals surface area contributed by atoms with Gasteiger partial charge in [0, 0.05) is 21.4 Å². The minimum atomic E-state index is -1.63. The number of ether oxygens (including phenoxy) is 1. The molecule has 2 aromatic carbocycles. The summed E-state index contributed by atoms with van der Waals surface area (Å²) >= 11 is 1.46. The summed E-state index contributed by atoms with van der Waals surface area (Å²) in [5.74, 6) is -0.577. The van der Waals surface area contributed by atoms with E-state index in [9.17, 15) is 24.6 Å². The molecule has 3 atom stereocenters. The molecule has 0 bridgehead atoms. The van der Waals surface area contributed by atoms with Crippen LogP contribution < -0.4 is 15.4 Å². The van der Waals surface area contributed by atoms with Gasteiger partial charge in [0.1, 0.15) is 17.5 Å². The first-order chi connectivity index (χ1) is 19.1. The largest absolute Gasteiger partial charge is 0.508 e. The number of benzene rings is 2. The van der Waals surface area contributed by atoms with E-state index in [4.69, 9.17) is 4.74 Å². The Morgan fingerprint density at radius 3 is 2.41 bits per heavy atom.